The number of hydrogen-bond acceptors (Lipinski definition) is 3. The van der Waals surface area contributed by atoms with Crippen molar-refractivity contribution < 1.29 is 15.0 Å². The summed E-state index contributed by atoms with van der Waals surface area (Å²) in [6, 6.07) is 4.95. The number of benzene rings is 1. The minimum Gasteiger partial charge on any atom is -0.481 e. The molecule has 0 aliphatic carbocycles. The molecule has 0 aliphatic rings. The van der Waals surface area contributed by atoms with Crippen molar-refractivity contribution in [1.29, 1.82) is 0 Å². The van der Waals surface area contributed by atoms with Crippen LogP contribution in [0.2, 0.25) is 5.02 Å². The molecule has 0 amide bonds. The summed E-state index contributed by atoms with van der Waals surface area (Å²) in [6.45, 7) is 4.89. The second-order valence-corrected chi connectivity index (χ2v) is 5.71. The van der Waals surface area contributed by atoms with E-state index in [4.69, 9.17) is 22.4 Å². The van der Waals surface area contributed by atoms with Crippen molar-refractivity contribution in [3.05, 3.63) is 34.3 Å². The lowest BCUT2D eigenvalue weighted by molar-refractivity contribution is -0.138. The predicted octanol–water partition coefficient (Wildman–Crippen LogP) is 2.22. The minimum absolute atomic E-state index is 0.210. The molecule has 0 radical (unpaired) electrons. The smallest absolute Gasteiger partial charge is 0.305 e. The fourth-order valence-corrected chi connectivity index (χ4v) is 1.92. The molecule has 5 heteroatoms. The van der Waals surface area contributed by atoms with Crippen LogP contribution in [0.15, 0.2) is 18.2 Å². The van der Waals surface area contributed by atoms with Gasteiger partial charge in [0.15, 0.2) is 0 Å². The van der Waals surface area contributed by atoms with Gasteiger partial charge in [-0.3, -0.25) is 4.79 Å². The van der Waals surface area contributed by atoms with E-state index in [1.165, 1.54) is 0 Å². The number of aliphatic hydroxyl groups is 1. The molecule has 1 aromatic rings. The van der Waals surface area contributed by atoms with Crippen molar-refractivity contribution in [2.24, 2.45) is 5.73 Å². The Kier molecular flexibility index (Phi) is 4.05. The number of aliphatic carboxylic acids is 1. The average Bonchev–Trinajstić information content (AvgIpc) is 2.13. The van der Waals surface area contributed by atoms with Gasteiger partial charge in [0.05, 0.1) is 12.0 Å². The number of carboxylic acid groups (broad SMARTS) is 1. The topological polar surface area (TPSA) is 83.5 Å². The molecule has 0 saturated heterocycles. The molecule has 1 atom stereocenters. The van der Waals surface area contributed by atoms with Crippen molar-refractivity contribution in [2.45, 2.75) is 38.3 Å². The van der Waals surface area contributed by atoms with Crippen molar-refractivity contribution >= 4 is 17.6 Å². The quantitative estimate of drug-likeness (QED) is 0.784. The SMILES string of the molecule is CC(C)(O)c1cc(Cl)cc([C@@](C)(N)CC(=O)O)c1. The summed E-state index contributed by atoms with van der Waals surface area (Å²) in [5.41, 5.74) is 5.11. The normalized spacial score (nSPS) is 15.2. The maximum absolute atomic E-state index is 10.8. The molecule has 0 spiro atoms. The number of nitrogens with two attached hydrogens (primary N) is 1. The lowest BCUT2D eigenvalue weighted by Gasteiger charge is -2.26. The molecule has 0 fully saturated rings. The first-order valence-electron chi connectivity index (χ1n) is 5.57. The van der Waals surface area contributed by atoms with Gasteiger partial charge in [0, 0.05) is 10.6 Å². The highest BCUT2D eigenvalue weighted by Gasteiger charge is 2.27. The maximum Gasteiger partial charge on any atom is 0.305 e. The number of carboxylic acids is 1. The van der Waals surface area contributed by atoms with Gasteiger partial charge in [-0.15, -0.1) is 0 Å². The van der Waals surface area contributed by atoms with Crippen LogP contribution in [0.4, 0.5) is 0 Å². The lowest BCUT2D eigenvalue weighted by Crippen LogP contribution is -2.36. The fraction of sp³-hybridized carbons (Fsp3) is 0.462. The van der Waals surface area contributed by atoms with E-state index in [1.54, 1.807) is 39.0 Å². The first kappa shape index (κ1) is 15.0. The highest BCUT2D eigenvalue weighted by atomic mass is 35.5. The third kappa shape index (κ3) is 3.70. The zero-order valence-electron chi connectivity index (χ0n) is 10.7. The molecule has 0 saturated carbocycles. The number of halogens is 1. The van der Waals surface area contributed by atoms with Crippen LogP contribution in [0, 0.1) is 0 Å². The van der Waals surface area contributed by atoms with Crippen molar-refractivity contribution in [2.75, 3.05) is 0 Å². The minimum atomic E-state index is -1.06. The van der Waals surface area contributed by atoms with Gasteiger partial charge < -0.3 is 15.9 Å². The van der Waals surface area contributed by atoms with E-state index in [9.17, 15) is 9.90 Å². The van der Waals surface area contributed by atoms with Crippen LogP contribution in [0.25, 0.3) is 0 Å². The van der Waals surface area contributed by atoms with Gasteiger partial charge in [-0.1, -0.05) is 17.7 Å². The summed E-state index contributed by atoms with van der Waals surface area (Å²) in [5, 5.41) is 19.2. The molecule has 0 aromatic heterocycles. The molecule has 0 heterocycles. The Morgan fingerprint density at radius 2 is 1.78 bits per heavy atom. The van der Waals surface area contributed by atoms with Crippen molar-refractivity contribution in [3.63, 3.8) is 0 Å². The Morgan fingerprint density at radius 3 is 2.22 bits per heavy atom. The van der Waals surface area contributed by atoms with Crippen LogP contribution >= 0.6 is 11.6 Å². The van der Waals surface area contributed by atoms with Crippen LogP contribution in [0.5, 0.6) is 0 Å². The lowest BCUT2D eigenvalue weighted by atomic mass is 9.86. The summed E-state index contributed by atoms with van der Waals surface area (Å²) in [7, 11) is 0. The molecule has 18 heavy (non-hydrogen) atoms. The average molecular weight is 272 g/mol. The number of carbonyl (C=O) groups is 1. The van der Waals surface area contributed by atoms with Gasteiger partial charge in [0.25, 0.3) is 0 Å². The molecular formula is C13H18ClNO3. The van der Waals surface area contributed by atoms with Gasteiger partial charge in [-0.2, -0.15) is 0 Å². The second kappa shape index (κ2) is 4.88. The van der Waals surface area contributed by atoms with Gasteiger partial charge in [0.2, 0.25) is 0 Å². The van der Waals surface area contributed by atoms with Crippen LogP contribution in [0.3, 0.4) is 0 Å². The van der Waals surface area contributed by atoms with Crippen LogP contribution in [0.1, 0.15) is 38.3 Å². The van der Waals surface area contributed by atoms with E-state index in [1.807, 2.05) is 0 Å². The van der Waals surface area contributed by atoms with E-state index < -0.39 is 17.1 Å². The summed E-state index contributed by atoms with van der Waals surface area (Å²) in [4.78, 5) is 10.8. The maximum atomic E-state index is 10.8. The molecule has 0 aliphatic heterocycles. The Morgan fingerprint density at radius 1 is 1.28 bits per heavy atom. The zero-order chi connectivity index (χ0) is 14.1. The highest BCUT2D eigenvalue weighted by Crippen LogP contribution is 2.30. The third-order valence-electron chi connectivity index (χ3n) is 2.78. The van der Waals surface area contributed by atoms with Gasteiger partial charge in [0.1, 0.15) is 0 Å². The standard InChI is InChI=1S/C13H18ClNO3/c1-12(2,18)8-4-9(6-10(14)5-8)13(3,15)7-11(16)17/h4-6,18H,7,15H2,1-3H3,(H,16,17)/t13-/m0/s1. The first-order valence-corrected chi connectivity index (χ1v) is 5.95. The molecule has 1 aromatic carbocycles. The first-order chi connectivity index (χ1) is 8.02. The summed E-state index contributed by atoms with van der Waals surface area (Å²) in [5.74, 6) is -0.982. The molecule has 4 nitrogen and oxygen atoms in total. The summed E-state index contributed by atoms with van der Waals surface area (Å²) >= 11 is 5.98. The van der Waals surface area contributed by atoms with E-state index in [-0.39, 0.29) is 6.42 Å². The molecule has 1 rings (SSSR count). The van der Waals surface area contributed by atoms with Crippen molar-refractivity contribution in [1.82, 2.24) is 0 Å². The number of rotatable bonds is 4. The van der Waals surface area contributed by atoms with E-state index in [0.717, 1.165) is 0 Å². The van der Waals surface area contributed by atoms with Gasteiger partial charge in [-0.05, 0) is 44.0 Å². The Hall–Kier alpha value is -1.10. The molecule has 0 unspecified atom stereocenters. The van der Waals surface area contributed by atoms with Crippen LogP contribution in [-0.2, 0) is 15.9 Å². The van der Waals surface area contributed by atoms with Crippen LogP contribution in [-0.4, -0.2) is 16.2 Å². The molecule has 4 N–H and O–H groups in total. The monoisotopic (exact) mass is 271 g/mol. The second-order valence-electron chi connectivity index (χ2n) is 5.28. The largest absolute Gasteiger partial charge is 0.481 e. The molecule has 0 bridgehead atoms. The summed E-state index contributed by atoms with van der Waals surface area (Å²) < 4.78 is 0. The van der Waals surface area contributed by atoms with Gasteiger partial charge in [-0.25, -0.2) is 0 Å². The van der Waals surface area contributed by atoms with Gasteiger partial charge >= 0.3 is 5.97 Å². The third-order valence-corrected chi connectivity index (χ3v) is 3.00. The Bertz CT molecular complexity index is 464. The Balaban J connectivity index is 3.25. The predicted molar refractivity (Wildman–Crippen MR) is 70.5 cm³/mol. The van der Waals surface area contributed by atoms with Crippen molar-refractivity contribution in [3.8, 4) is 0 Å². The summed E-state index contributed by atoms with van der Waals surface area (Å²) in [6.07, 6.45) is -0.210. The van der Waals surface area contributed by atoms with E-state index in [2.05, 4.69) is 0 Å². The zero-order valence-corrected chi connectivity index (χ0v) is 11.5. The number of hydrogen-bond donors (Lipinski definition) is 3. The molecular weight excluding hydrogens is 254 g/mol. The Labute approximate surface area is 111 Å². The fourth-order valence-electron chi connectivity index (χ4n) is 1.69. The molecule has 100 valence electrons. The van der Waals surface area contributed by atoms with Crippen LogP contribution < -0.4 is 5.73 Å². The van der Waals surface area contributed by atoms with E-state index >= 15 is 0 Å². The van der Waals surface area contributed by atoms with E-state index in [0.29, 0.717) is 16.1 Å². The highest BCUT2D eigenvalue weighted by molar-refractivity contribution is 6.30.